The minimum absolute atomic E-state index is 0.138. The number of hydrogen-bond donors (Lipinski definition) is 0. The van der Waals surface area contributed by atoms with Gasteiger partial charge in [0.1, 0.15) is 0 Å². The standard InChI is InChI=1S/C19H26Br2N2O/c1-22(19(24)14-9-10-15(20)16(21)13-14)17-7-3-2-4-8-18(17)23-11-5-6-12-23/h9-10,13,17-18H,2-8,11-12H2,1H3/t17-,18+/m1/s1. The van der Waals surface area contributed by atoms with Crippen LogP contribution in [0.5, 0.6) is 0 Å². The van der Waals surface area contributed by atoms with E-state index in [0.29, 0.717) is 12.1 Å². The van der Waals surface area contributed by atoms with E-state index in [1.165, 1.54) is 51.6 Å². The van der Waals surface area contributed by atoms with Crippen LogP contribution in [0.3, 0.4) is 0 Å². The Morgan fingerprint density at radius 3 is 2.46 bits per heavy atom. The van der Waals surface area contributed by atoms with E-state index in [2.05, 4.69) is 36.8 Å². The minimum Gasteiger partial charge on any atom is -0.337 e. The van der Waals surface area contributed by atoms with E-state index in [1.807, 2.05) is 30.1 Å². The van der Waals surface area contributed by atoms with Crippen LogP contribution in [0.4, 0.5) is 0 Å². The van der Waals surface area contributed by atoms with Gasteiger partial charge in [0, 0.05) is 33.6 Å². The number of carbonyl (C=O) groups is 1. The lowest BCUT2D eigenvalue weighted by atomic mass is 9.99. The normalized spacial score (nSPS) is 25.5. The Labute approximate surface area is 162 Å². The molecular weight excluding hydrogens is 432 g/mol. The smallest absolute Gasteiger partial charge is 0.253 e. The lowest BCUT2D eigenvalue weighted by Gasteiger charge is -2.38. The molecule has 1 aliphatic heterocycles. The van der Waals surface area contributed by atoms with Crippen molar-refractivity contribution in [2.75, 3.05) is 20.1 Å². The van der Waals surface area contributed by atoms with Crippen LogP contribution in [-0.4, -0.2) is 47.9 Å². The first-order chi connectivity index (χ1) is 11.6. The second-order valence-corrected chi connectivity index (χ2v) is 8.77. The van der Waals surface area contributed by atoms with Crippen LogP contribution in [0.15, 0.2) is 27.1 Å². The first-order valence-electron chi connectivity index (χ1n) is 9.04. The topological polar surface area (TPSA) is 23.6 Å². The van der Waals surface area contributed by atoms with E-state index in [4.69, 9.17) is 0 Å². The van der Waals surface area contributed by atoms with Crippen LogP contribution in [0.25, 0.3) is 0 Å². The summed E-state index contributed by atoms with van der Waals surface area (Å²) >= 11 is 6.99. The number of amides is 1. The van der Waals surface area contributed by atoms with Crippen LogP contribution < -0.4 is 0 Å². The Morgan fingerprint density at radius 2 is 1.75 bits per heavy atom. The Morgan fingerprint density at radius 1 is 1.04 bits per heavy atom. The van der Waals surface area contributed by atoms with Crippen LogP contribution in [0.1, 0.15) is 55.3 Å². The van der Waals surface area contributed by atoms with Gasteiger partial charge in [-0.15, -0.1) is 0 Å². The predicted molar refractivity (Wildman–Crippen MR) is 105 cm³/mol. The number of likely N-dealkylation sites (N-methyl/N-ethyl adjacent to an activating group) is 1. The molecule has 2 atom stereocenters. The van der Waals surface area contributed by atoms with Gasteiger partial charge in [0.05, 0.1) is 0 Å². The second-order valence-electron chi connectivity index (χ2n) is 7.06. The number of carbonyl (C=O) groups excluding carboxylic acids is 1. The number of hydrogen-bond acceptors (Lipinski definition) is 2. The molecular formula is C19H26Br2N2O. The summed E-state index contributed by atoms with van der Waals surface area (Å²) in [6.07, 6.45) is 8.79. The second kappa shape index (κ2) is 8.33. The molecule has 3 nitrogen and oxygen atoms in total. The lowest BCUT2D eigenvalue weighted by Crippen LogP contribution is -2.51. The number of likely N-dealkylation sites (tertiary alicyclic amines) is 1. The van der Waals surface area contributed by atoms with E-state index < -0.39 is 0 Å². The van der Waals surface area contributed by atoms with Gasteiger partial charge in [-0.25, -0.2) is 0 Å². The zero-order valence-corrected chi connectivity index (χ0v) is 17.5. The maximum Gasteiger partial charge on any atom is 0.253 e. The van der Waals surface area contributed by atoms with Crippen LogP contribution in [0, 0.1) is 0 Å². The van der Waals surface area contributed by atoms with Crippen LogP contribution in [-0.2, 0) is 0 Å². The van der Waals surface area contributed by atoms with E-state index in [1.54, 1.807) is 0 Å². The van der Waals surface area contributed by atoms with Gasteiger partial charge < -0.3 is 4.90 Å². The van der Waals surface area contributed by atoms with Crippen molar-refractivity contribution >= 4 is 37.8 Å². The zero-order chi connectivity index (χ0) is 17.1. The maximum absolute atomic E-state index is 13.1. The van der Waals surface area contributed by atoms with Gasteiger partial charge in [-0.05, 0) is 88.8 Å². The van der Waals surface area contributed by atoms with Gasteiger partial charge in [0.2, 0.25) is 0 Å². The molecule has 132 valence electrons. The predicted octanol–water partition coefficient (Wildman–Crippen LogP) is 5.08. The molecule has 0 radical (unpaired) electrons. The fraction of sp³-hybridized carbons (Fsp3) is 0.632. The fourth-order valence-electron chi connectivity index (χ4n) is 4.20. The highest BCUT2D eigenvalue weighted by Crippen LogP contribution is 2.30. The molecule has 0 bridgehead atoms. The molecule has 0 aromatic heterocycles. The zero-order valence-electron chi connectivity index (χ0n) is 14.3. The van der Waals surface area contributed by atoms with E-state index in [9.17, 15) is 4.79 Å². The van der Waals surface area contributed by atoms with E-state index >= 15 is 0 Å². The molecule has 0 unspecified atom stereocenters. The Hall–Kier alpha value is -0.390. The monoisotopic (exact) mass is 456 g/mol. The highest BCUT2D eigenvalue weighted by molar-refractivity contribution is 9.13. The molecule has 1 aliphatic carbocycles. The van der Waals surface area contributed by atoms with Gasteiger partial charge in [-0.3, -0.25) is 9.69 Å². The highest BCUT2D eigenvalue weighted by Gasteiger charge is 2.34. The molecule has 0 N–H and O–H groups in total. The first-order valence-corrected chi connectivity index (χ1v) is 10.6. The van der Waals surface area contributed by atoms with Crippen LogP contribution >= 0.6 is 31.9 Å². The van der Waals surface area contributed by atoms with Crippen LogP contribution in [0.2, 0.25) is 0 Å². The van der Waals surface area contributed by atoms with Crippen molar-refractivity contribution in [3.05, 3.63) is 32.7 Å². The van der Waals surface area contributed by atoms with Crippen molar-refractivity contribution in [3.8, 4) is 0 Å². The molecule has 1 aromatic carbocycles. The summed E-state index contributed by atoms with van der Waals surface area (Å²) in [5.74, 6) is 0.138. The number of benzene rings is 1. The first kappa shape index (κ1) is 18.4. The van der Waals surface area contributed by atoms with Crippen molar-refractivity contribution in [2.24, 2.45) is 0 Å². The molecule has 5 heteroatoms. The van der Waals surface area contributed by atoms with Crippen molar-refractivity contribution in [1.82, 2.24) is 9.80 Å². The van der Waals surface area contributed by atoms with Crippen molar-refractivity contribution in [2.45, 2.75) is 57.0 Å². The lowest BCUT2D eigenvalue weighted by molar-refractivity contribution is 0.0583. The van der Waals surface area contributed by atoms with Gasteiger partial charge >= 0.3 is 0 Å². The quantitative estimate of drug-likeness (QED) is 0.590. The summed E-state index contributed by atoms with van der Waals surface area (Å²) in [6.45, 7) is 2.40. The molecule has 2 fully saturated rings. The molecule has 1 saturated carbocycles. The molecule has 1 amide bonds. The molecule has 2 aliphatic rings. The maximum atomic E-state index is 13.1. The molecule has 1 heterocycles. The van der Waals surface area contributed by atoms with E-state index in [0.717, 1.165) is 20.9 Å². The summed E-state index contributed by atoms with van der Waals surface area (Å²) in [4.78, 5) is 17.7. The summed E-state index contributed by atoms with van der Waals surface area (Å²) < 4.78 is 1.91. The Bertz CT molecular complexity index is 587. The largest absolute Gasteiger partial charge is 0.337 e. The molecule has 24 heavy (non-hydrogen) atoms. The van der Waals surface area contributed by atoms with Gasteiger partial charge in [0.25, 0.3) is 5.91 Å². The third kappa shape index (κ3) is 4.05. The summed E-state index contributed by atoms with van der Waals surface area (Å²) in [7, 11) is 2.00. The minimum atomic E-state index is 0.138. The molecule has 0 spiro atoms. The average Bonchev–Trinajstić information content (AvgIpc) is 3.00. The van der Waals surface area contributed by atoms with Gasteiger partial charge in [-0.1, -0.05) is 19.3 Å². The molecule has 3 rings (SSSR count). The Kier molecular flexibility index (Phi) is 6.38. The van der Waals surface area contributed by atoms with Gasteiger partial charge in [-0.2, -0.15) is 0 Å². The number of halogens is 2. The van der Waals surface area contributed by atoms with Crippen molar-refractivity contribution in [1.29, 1.82) is 0 Å². The van der Waals surface area contributed by atoms with Gasteiger partial charge in [0.15, 0.2) is 0 Å². The summed E-state index contributed by atoms with van der Waals surface area (Å²) in [5, 5.41) is 0. The van der Waals surface area contributed by atoms with Crippen molar-refractivity contribution in [3.63, 3.8) is 0 Å². The van der Waals surface area contributed by atoms with E-state index in [-0.39, 0.29) is 5.91 Å². The fourth-order valence-corrected chi connectivity index (χ4v) is 4.83. The number of nitrogens with zero attached hydrogens (tertiary/aromatic N) is 2. The molecule has 1 saturated heterocycles. The number of rotatable bonds is 3. The molecule has 1 aromatic rings. The van der Waals surface area contributed by atoms with Crippen molar-refractivity contribution < 1.29 is 4.79 Å². The summed E-state index contributed by atoms with van der Waals surface area (Å²) in [5.41, 5.74) is 0.761. The Balaban J connectivity index is 1.80. The SMILES string of the molecule is CN(C(=O)c1ccc(Br)c(Br)c1)[C@@H]1CCCCC[C@@H]1N1CCCC1. The summed E-state index contributed by atoms with van der Waals surface area (Å²) in [6, 6.07) is 6.64. The third-order valence-corrected chi connectivity index (χ3v) is 7.42. The third-order valence-electron chi connectivity index (χ3n) is 5.54. The highest BCUT2D eigenvalue weighted by atomic mass is 79.9. The average molecular weight is 458 g/mol.